The van der Waals surface area contributed by atoms with Crippen LogP contribution in [0.25, 0.3) is 20.8 Å². The maximum atomic E-state index is 12.6. The third-order valence-corrected chi connectivity index (χ3v) is 8.32. The molecular formula is C24H19N3O4S2. The van der Waals surface area contributed by atoms with E-state index in [-0.39, 0.29) is 29.3 Å². The van der Waals surface area contributed by atoms with Crippen molar-refractivity contribution in [2.45, 2.75) is 18.2 Å². The summed E-state index contributed by atoms with van der Waals surface area (Å²) in [6, 6.07) is 19.5. The minimum absolute atomic E-state index is 0.0176. The molecule has 2 heterocycles. The average Bonchev–Trinajstić information content (AvgIpc) is 3.30. The molecule has 3 aromatic carbocycles. The lowest BCUT2D eigenvalue weighted by atomic mass is 10.2. The van der Waals surface area contributed by atoms with Crippen LogP contribution in [0.5, 0.6) is 0 Å². The number of rotatable bonds is 5. The smallest absolute Gasteiger partial charge is 0.269 e. The molecule has 9 heteroatoms. The minimum atomic E-state index is -3.92. The van der Waals surface area contributed by atoms with E-state index in [9.17, 15) is 18.0 Å². The van der Waals surface area contributed by atoms with Gasteiger partial charge in [0, 0.05) is 24.2 Å². The van der Waals surface area contributed by atoms with Gasteiger partial charge >= 0.3 is 0 Å². The van der Waals surface area contributed by atoms with Gasteiger partial charge in [0.05, 0.1) is 15.8 Å². The largest absolute Gasteiger partial charge is 0.326 e. The van der Waals surface area contributed by atoms with Gasteiger partial charge in [0.1, 0.15) is 9.90 Å². The second-order valence-corrected chi connectivity index (χ2v) is 10.6. The van der Waals surface area contributed by atoms with Crippen molar-refractivity contribution in [3.8, 4) is 10.6 Å². The summed E-state index contributed by atoms with van der Waals surface area (Å²) in [5.41, 5.74) is 3.80. The molecule has 33 heavy (non-hydrogen) atoms. The first-order chi connectivity index (χ1) is 15.8. The van der Waals surface area contributed by atoms with E-state index in [1.165, 1.54) is 17.7 Å². The van der Waals surface area contributed by atoms with E-state index < -0.39 is 15.9 Å². The van der Waals surface area contributed by atoms with Gasteiger partial charge in [0.2, 0.25) is 5.91 Å². The average molecular weight is 478 g/mol. The van der Waals surface area contributed by atoms with E-state index in [2.05, 4.69) is 16.4 Å². The molecule has 1 aliphatic heterocycles. The molecule has 0 saturated heterocycles. The summed E-state index contributed by atoms with van der Waals surface area (Å²) in [6.45, 7) is 1.83. The standard InChI is InChI=1S/C24H19N3O4S2/c1-15-6-11-19-20(14-15)32-23(26-19)16-7-9-17(10-8-16)25-22(28)12-13-27-24(29)18-4-2-3-5-21(18)33(27,30)31/h2-11,14H,12-13H2,1H3,(H,25,28). The molecule has 1 N–H and O–H groups in total. The zero-order chi connectivity index (χ0) is 23.2. The lowest BCUT2D eigenvalue weighted by molar-refractivity contribution is -0.116. The maximum Gasteiger partial charge on any atom is 0.269 e. The van der Waals surface area contributed by atoms with E-state index in [4.69, 9.17) is 0 Å². The van der Waals surface area contributed by atoms with Crippen LogP contribution in [-0.2, 0) is 14.8 Å². The van der Waals surface area contributed by atoms with E-state index in [0.29, 0.717) is 5.69 Å². The first-order valence-corrected chi connectivity index (χ1v) is 12.5. The summed E-state index contributed by atoms with van der Waals surface area (Å²) in [6.07, 6.45) is -0.141. The molecule has 5 rings (SSSR count). The first-order valence-electron chi connectivity index (χ1n) is 10.3. The Morgan fingerprint density at radius 1 is 1.06 bits per heavy atom. The van der Waals surface area contributed by atoms with Crippen molar-refractivity contribution < 1.29 is 18.0 Å². The Balaban J connectivity index is 1.24. The van der Waals surface area contributed by atoms with Crippen LogP contribution in [0.4, 0.5) is 5.69 Å². The van der Waals surface area contributed by atoms with E-state index in [0.717, 1.165) is 25.1 Å². The minimum Gasteiger partial charge on any atom is -0.326 e. The zero-order valence-corrected chi connectivity index (χ0v) is 19.2. The van der Waals surface area contributed by atoms with Gasteiger partial charge in [-0.15, -0.1) is 11.3 Å². The predicted octanol–water partition coefficient (Wildman–Crippen LogP) is 4.45. The van der Waals surface area contributed by atoms with Crippen molar-refractivity contribution in [2.75, 3.05) is 11.9 Å². The third kappa shape index (κ3) is 3.90. The van der Waals surface area contributed by atoms with Gasteiger partial charge in [-0.2, -0.15) is 0 Å². The van der Waals surface area contributed by atoms with Crippen molar-refractivity contribution >= 4 is 49.1 Å². The highest BCUT2D eigenvalue weighted by Crippen LogP contribution is 2.32. The zero-order valence-electron chi connectivity index (χ0n) is 17.6. The number of nitrogens with zero attached hydrogens (tertiary/aromatic N) is 2. The molecule has 0 unspecified atom stereocenters. The molecule has 0 aliphatic carbocycles. The predicted molar refractivity (Wildman–Crippen MR) is 128 cm³/mol. The van der Waals surface area contributed by atoms with Gasteiger partial charge in [0.15, 0.2) is 0 Å². The van der Waals surface area contributed by atoms with Gasteiger partial charge in [-0.3, -0.25) is 9.59 Å². The van der Waals surface area contributed by atoms with Crippen LogP contribution in [0.2, 0.25) is 0 Å². The number of benzene rings is 3. The van der Waals surface area contributed by atoms with Crippen LogP contribution in [-0.4, -0.2) is 36.1 Å². The Hall–Kier alpha value is -3.56. The molecule has 1 aliphatic rings. The lowest BCUT2D eigenvalue weighted by Gasteiger charge is -2.14. The fourth-order valence-corrected chi connectivity index (χ4v) is 6.37. The van der Waals surface area contributed by atoms with E-state index >= 15 is 0 Å². The number of thiazole rings is 1. The third-order valence-electron chi connectivity index (χ3n) is 5.41. The summed E-state index contributed by atoms with van der Waals surface area (Å²) in [7, 11) is -3.92. The molecule has 0 saturated carbocycles. The molecule has 4 aromatic rings. The van der Waals surface area contributed by atoms with Crippen molar-refractivity contribution in [3.63, 3.8) is 0 Å². The molecule has 0 fully saturated rings. The normalized spacial score (nSPS) is 14.5. The Kier molecular flexibility index (Phi) is 5.22. The number of hydrogen-bond donors (Lipinski definition) is 1. The number of amides is 2. The number of aromatic nitrogens is 1. The lowest BCUT2D eigenvalue weighted by Crippen LogP contribution is -2.33. The monoisotopic (exact) mass is 477 g/mol. The Morgan fingerprint density at radius 2 is 1.82 bits per heavy atom. The topological polar surface area (TPSA) is 96.4 Å². The SMILES string of the molecule is Cc1ccc2nc(-c3ccc(NC(=O)CCN4C(=O)c5ccccc5S4(=O)=O)cc3)sc2c1. The number of nitrogens with one attached hydrogen (secondary N) is 1. The molecule has 7 nitrogen and oxygen atoms in total. The van der Waals surface area contributed by atoms with Crippen LogP contribution in [0.15, 0.2) is 71.6 Å². The highest BCUT2D eigenvalue weighted by Gasteiger charge is 2.40. The van der Waals surface area contributed by atoms with Crippen molar-refractivity contribution in [3.05, 3.63) is 77.9 Å². The van der Waals surface area contributed by atoms with Crippen LogP contribution in [0.1, 0.15) is 22.3 Å². The second kappa shape index (κ2) is 8.09. The fourth-order valence-electron chi connectivity index (χ4n) is 3.73. The number of carbonyl (C=O) groups excluding carboxylic acids is 2. The van der Waals surface area contributed by atoms with E-state index in [1.54, 1.807) is 35.6 Å². The second-order valence-electron chi connectivity index (χ2n) is 7.74. The van der Waals surface area contributed by atoms with Crippen molar-refractivity contribution in [1.29, 1.82) is 0 Å². The van der Waals surface area contributed by atoms with Gasteiger partial charge in [-0.25, -0.2) is 17.7 Å². The number of anilines is 1. The Labute approximate surface area is 194 Å². The molecule has 0 bridgehead atoms. The number of sulfonamides is 1. The summed E-state index contributed by atoms with van der Waals surface area (Å²) in [4.78, 5) is 29.5. The summed E-state index contributed by atoms with van der Waals surface area (Å²) < 4.78 is 27.1. The van der Waals surface area contributed by atoms with Gasteiger partial charge in [0.25, 0.3) is 15.9 Å². The molecule has 0 radical (unpaired) electrons. The van der Waals surface area contributed by atoms with Crippen molar-refractivity contribution in [1.82, 2.24) is 9.29 Å². The number of aryl methyl sites for hydroxylation is 1. The Bertz CT molecular complexity index is 1510. The van der Waals surface area contributed by atoms with Gasteiger partial charge in [-0.05, 0) is 61.0 Å². The quantitative estimate of drug-likeness (QED) is 0.458. The van der Waals surface area contributed by atoms with Crippen LogP contribution in [0.3, 0.4) is 0 Å². The number of hydrogen-bond acceptors (Lipinski definition) is 6. The Morgan fingerprint density at radius 3 is 2.58 bits per heavy atom. The van der Waals surface area contributed by atoms with E-state index in [1.807, 2.05) is 31.2 Å². The van der Waals surface area contributed by atoms with Gasteiger partial charge in [-0.1, -0.05) is 18.2 Å². The summed E-state index contributed by atoms with van der Waals surface area (Å²) in [5.74, 6) is -0.981. The molecule has 1 aromatic heterocycles. The molecule has 0 atom stereocenters. The molecule has 2 amide bonds. The molecule has 0 spiro atoms. The molecular weight excluding hydrogens is 458 g/mol. The van der Waals surface area contributed by atoms with Crippen LogP contribution in [0, 0.1) is 6.92 Å². The summed E-state index contributed by atoms with van der Waals surface area (Å²) in [5, 5.41) is 3.65. The highest BCUT2D eigenvalue weighted by atomic mass is 32.2. The number of fused-ring (bicyclic) bond motifs is 2. The van der Waals surface area contributed by atoms with Crippen LogP contribution < -0.4 is 5.32 Å². The molecule has 166 valence electrons. The highest BCUT2D eigenvalue weighted by molar-refractivity contribution is 7.90. The van der Waals surface area contributed by atoms with Crippen molar-refractivity contribution in [2.24, 2.45) is 0 Å². The van der Waals surface area contributed by atoms with Gasteiger partial charge < -0.3 is 5.32 Å². The fraction of sp³-hybridized carbons (Fsp3) is 0.125. The first kappa shape index (κ1) is 21.3. The summed E-state index contributed by atoms with van der Waals surface area (Å²) >= 11 is 1.61. The van der Waals surface area contributed by atoms with Crippen LogP contribution >= 0.6 is 11.3 Å². The number of carbonyl (C=O) groups is 2. The maximum absolute atomic E-state index is 12.6.